The van der Waals surface area contributed by atoms with Crippen LogP contribution in [0.3, 0.4) is 0 Å². The zero-order valence-electron chi connectivity index (χ0n) is 9.75. The molecular formula is C10H16F2NO3+. The summed E-state index contributed by atoms with van der Waals surface area (Å²) in [6.07, 6.45) is -2.77. The molecule has 0 aliphatic heterocycles. The smallest absolute Gasteiger partial charge is 0.373 e. The second kappa shape index (κ2) is 6.19. The average Bonchev–Trinajstić information content (AvgIpc) is 2.15. The predicted octanol–water partition coefficient (Wildman–Crippen LogP) is 1.36. The molecular weight excluding hydrogens is 220 g/mol. The third-order valence-electron chi connectivity index (χ3n) is 1.90. The van der Waals surface area contributed by atoms with E-state index in [1.807, 2.05) is 0 Å². The van der Waals surface area contributed by atoms with Crippen molar-refractivity contribution in [3.05, 3.63) is 11.3 Å². The van der Waals surface area contributed by atoms with Gasteiger partial charge in [-0.25, -0.2) is 9.37 Å². The first-order valence-electron chi connectivity index (χ1n) is 4.72. The molecule has 0 bridgehead atoms. The molecule has 4 nitrogen and oxygen atoms in total. The Balaban J connectivity index is 5.29. The summed E-state index contributed by atoms with van der Waals surface area (Å²) >= 11 is 0. The van der Waals surface area contributed by atoms with E-state index < -0.39 is 23.9 Å². The molecule has 0 aliphatic carbocycles. The van der Waals surface area contributed by atoms with Crippen molar-refractivity contribution in [3.63, 3.8) is 0 Å². The molecule has 0 unspecified atom stereocenters. The van der Waals surface area contributed by atoms with Gasteiger partial charge in [0.15, 0.2) is 0 Å². The summed E-state index contributed by atoms with van der Waals surface area (Å²) in [5.41, 5.74) is -0.594. The van der Waals surface area contributed by atoms with Crippen LogP contribution < -0.4 is 0 Å². The van der Waals surface area contributed by atoms with Crippen molar-refractivity contribution in [2.75, 3.05) is 20.7 Å². The number of ether oxygens (including phenoxy) is 1. The van der Waals surface area contributed by atoms with E-state index >= 15 is 0 Å². The number of esters is 1. The van der Waals surface area contributed by atoms with Crippen LogP contribution in [-0.4, -0.2) is 48.5 Å². The fourth-order valence-electron chi connectivity index (χ4n) is 1.17. The van der Waals surface area contributed by atoms with Crippen LogP contribution in [0.2, 0.25) is 0 Å². The van der Waals surface area contributed by atoms with Crippen molar-refractivity contribution in [3.8, 4) is 0 Å². The van der Waals surface area contributed by atoms with Crippen molar-refractivity contribution in [1.29, 1.82) is 0 Å². The van der Waals surface area contributed by atoms with E-state index in [4.69, 9.17) is 0 Å². The van der Waals surface area contributed by atoms with E-state index in [2.05, 4.69) is 4.74 Å². The lowest BCUT2D eigenvalue weighted by Crippen LogP contribution is -2.25. The van der Waals surface area contributed by atoms with Gasteiger partial charge in [-0.1, -0.05) is 0 Å². The minimum atomic E-state index is -2.77. The van der Waals surface area contributed by atoms with Gasteiger partial charge in [0.1, 0.15) is 14.1 Å². The average molecular weight is 236 g/mol. The lowest BCUT2D eigenvalue weighted by molar-refractivity contribution is -0.467. The number of nitrogens with zero attached hydrogens (tertiary/aromatic N) is 1. The Morgan fingerprint density at radius 2 is 1.94 bits per heavy atom. The Morgan fingerprint density at radius 3 is 2.25 bits per heavy atom. The Hall–Kier alpha value is -1.46. The summed E-state index contributed by atoms with van der Waals surface area (Å²) in [5, 5.41) is 9.41. The fourth-order valence-corrected chi connectivity index (χ4v) is 1.17. The molecule has 0 aromatic carbocycles. The lowest BCUT2D eigenvalue weighted by Gasteiger charge is -2.06. The number of hydrogen-bond acceptors (Lipinski definition) is 3. The van der Waals surface area contributed by atoms with Gasteiger partial charge in [-0.15, -0.1) is 0 Å². The molecule has 1 N–H and O–H groups in total. The molecule has 0 atom stereocenters. The topological polar surface area (TPSA) is 49.5 Å². The van der Waals surface area contributed by atoms with Gasteiger partial charge in [-0.05, 0) is 13.8 Å². The van der Waals surface area contributed by atoms with Crippen molar-refractivity contribution >= 4 is 11.7 Å². The number of carbonyl (C=O) groups excluding carboxylic acids is 1. The molecule has 0 heterocycles. The number of hydrogen-bond donors (Lipinski definition) is 1. The Bertz CT molecular complexity index is 331. The molecule has 0 spiro atoms. The molecule has 0 rings (SSSR count). The summed E-state index contributed by atoms with van der Waals surface area (Å²) in [7, 11) is 2.81. The van der Waals surface area contributed by atoms with E-state index in [1.54, 1.807) is 6.92 Å². The van der Waals surface area contributed by atoms with Crippen LogP contribution in [-0.2, 0) is 9.53 Å². The quantitative estimate of drug-likeness (QED) is 0.263. The SMILES string of the molecule is CCOC(=O)C(O)=C(C)C(C(F)F)=[N+](C)C. The van der Waals surface area contributed by atoms with Crippen molar-refractivity contribution in [2.24, 2.45) is 0 Å². The van der Waals surface area contributed by atoms with Gasteiger partial charge in [-0.2, -0.15) is 8.78 Å². The molecule has 0 amide bonds. The summed E-state index contributed by atoms with van der Waals surface area (Å²) in [6, 6.07) is 0. The Labute approximate surface area is 92.8 Å². The van der Waals surface area contributed by atoms with Gasteiger partial charge in [0, 0.05) is 0 Å². The van der Waals surface area contributed by atoms with Crippen LogP contribution in [0.15, 0.2) is 11.3 Å². The number of rotatable bonds is 4. The normalized spacial score (nSPS) is 12.2. The molecule has 0 aliphatic rings. The van der Waals surface area contributed by atoms with Gasteiger partial charge in [0.2, 0.25) is 11.5 Å². The monoisotopic (exact) mass is 236 g/mol. The minimum absolute atomic E-state index is 0.0716. The molecule has 0 aromatic heterocycles. The third-order valence-corrected chi connectivity index (χ3v) is 1.90. The molecule has 0 saturated carbocycles. The van der Waals surface area contributed by atoms with Gasteiger partial charge in [-0.3, -0.25) is 0 Å². The summed E-state index contributed by atoms with van der Waals surface area (Å²) in [4.78, 5) is 11.1. The zero-order valence-corrected chi connectivity index (χ0v) is 9.75. The lowest BCUT2D eigenvalue weighted by atomic mass is 10.1. The zero-order chi connectivity index (χ0) is 12.9. The van der Waals surface area contributed by atoms with Gasteiger partial charge in [0.05, 0.1) is 12.2 Å². The first-order chi connectivity index (χ1) is 7.32. The van der Waals surface area contributed by atoms with Gasteiger partial charge in [0.25, 0.3) is 0 Å². The summed E-state index contributed by atoms with van der Waals surface area (Å²) in [5.74, 6) is -1.79. The predicted molar refractivity (Wildman–Crippen MR) is 55.1 cm³/mol. The maximum atomic E-state index is 12.6. The fraction of sp³-hybridized carbons (Fsp3) is 0.600. The Kier molecular flexibility index (Phi) is 5.63. The highest BCUT2D eigenvalue weighted by Gasteiger charge is 2.28. The van der Waals surface area contributed by atoms with E-state index in [1.165, 1.54) is 21.0 Å². The van der Waals surface area contributed by atoms with Crippen LogP contribution in [0.1, 0.15) is 13.8 Å². The van der Waals surface area contributed by atoms with Crippen LogP contribution in [0.5, 0.6) is 0 Å². The standard InChI is InChI=1S/C10H15F2NO3/c1-5-16-10(15)8(14)6(2)7(9(11)12)13(3)4/h9H,5H2,1-4H3/p+1. The first-order valence-corrected chi connectivity index (χ1v) is 4.72. The van der Waals surface area contributed by atoms with Crippen molar-refractivity contribution in [1.82, 2.24) is 0 Å². The molecule has 0 aromatic rings. The maximum Gasteiger partial charge on any atom is 0.373 e. The highest BCUT2D eigenvalue weighted by molar-refractivity contribution is 6.04. The van der Waals surface area contributed by atoms with Gasteiger partial charge < -0.3 is 9.84 Å². The van der Waals surface area contributed by atoms with Crippen LogP contribution in [0.25, 0.3) is 0 Å². The summed E-state index contributed by atoms with van der Waals surface area (Å²) < 4.78 is 30.9. The van der Waals surface area contributed by atoms with Crippen molar-refractivity contribution < 1.29 is 28.0 Å². The van der Waals surface area contributed by atoms with Crippen molar-refractivity contribution in [2.45, 2.75) is 20.3 Å². The van der Waals surface area contributed by atoms with Crippen LogP contribution >= 0.6 is 0 Å². The van der Waals surface area contributed by atoms with Gasteiger partial charge >= 0.3 is 12.4 Å². The van der Waals surface area contributed by atoms with E-state index in [-0.39, 0.29) is 12.2 Å². The van der Waals surface area contributed by atoms with Crippen LogP contribution in [0.4, 0.5) is 8.78 Å². The molecule has 0 radical (unpaired) electrons. The second-order valence-corrected chi connectivity index (χ2v) is 3.27. The Morgan fingerprint density at radius 1 is 1.44 bits per heavy atom. The van der Waals surface area contributed by atoms with E-state index in [0.29, 0.717) is 0 Å². The molecule has 16 heavy (non-hydrogen) atoms. The summed E-state index contributed by atoms with van der Waals surface area (Å²) in [6.45, 7) is 2.88. The highest BCUT2D eigenvalue weighted by Crippen LogP contribution is 2.11. The largest absolute Gasteiger partial charge is 0.501 e. The molecule has 0 saturated heterocycles. The van der Waals surface area contributed by atoms with E-state index in [9.17, 15) is 18.7 Å². The van der Waals surface area contributed by atoms with Crippen LogP contribution in [0, 0.1) is 0 Å². The molecule has 0 fully saturated rings. The first kappa shape index (κ1) is 14.5. The number of halogens is 2. The third kappa shape index (κ3) is 3.60. The minimum Gasteiger partial charge on any atom is -0.501 e. The highest BCUT2D eigenvalue weighted by atomic mass is 19.3. The molecule has 92 valence electrons. The molecule has 6 heteroatoms. The number of allylic oxidation sites excluding steroid dienone is 1. The number of aliphatic hydroxyl groups excluding tert-OH is 1. The number of alkyl halides is 2. The maximum absolute atomic E-state index is 12.6. The number of carbonyl (C=O) groups is 1. The second-order valence-electron chi connectivity index (χ2n) is 3.27. The number of aliphatic hydroxyl groups is 1. The van der Waals surface area contributed by atoms with E-state index in [0.717, 1.165) is 4.58 Å².